The summed E-state index contributed by atoms with van der Waals surface area (Å²) in [6, 6.07) is 8.70. The molecule has 0 aliphatic carbocycles. The lowest BCUT2D eigenvalue weighted by atomic mass is 10.1. The number of likely N-dealkylation sites (N-methyl/N-ethyl adjacent to an activating group) is 2. The lowest BCUT2D eigenvalue weighted by Gasteiger charge is -2.23. The highest BCUT2D eigenvalue weighted by atomic mass is 16.2. The minimum absolute atomic E-state index is 0.0185. The molecule has 0 saturated carbocycles. The van der Waals surface area contributed by atoms with Crippen molar-refractivity contribution in [3.8, 4) is 0 Å². The molecule has 1 heterocycles. The monoisotopic (exact) mass is 315 g/mol. The van der Waals surface area contributed by atoms with Gasteiger partial charge in [-0.1, -0.05) is 18.2 Å². The van der Waals surface area contributed by atoms with Gasteiger partial charge in [0.2, 0.25) is 5.91 Å². The fourth-order valence-electron chi connectivity index (χ4n) is 2.48. The van der Waals surface area contributed by atoms with Crippen LogP contribution in [0.5, 0.6) is 0 Å². The van der Waals surface area contributed by atoms with Crippen LogP contribution in [0.2, 0.25) is 0 Å². The second kappa shape index (κ2) is 7.09. The number of aromatic amines is 1. The molecule has 0 atom stereocenters. The summed E-state index contributed by atoms with van der Waals surface area (Å²) < 4.78 is 0. The molecule has 0 spiro atoms. The first-order chi connectivity index (χ1) is 11.0. The van der Waals surface area contributed by atoms with Crippen molar-refractivity contribution in [1.82, 2.24) is 14.8 Å². The summed E-state index contributed by atoms with van der Waals surface area (Å²) in [5.41, 5.74) is -0.126. The molecule has 6 heteroatoms. The van der Waals surface area contributed by atoms with Crippen molar-refractivity contribution >= 4 is 22.6 Å². The third-order valence-electron chi connectivity index (χ3n) is 3.82. The van der Waals surface area contributed by atoms with Crippen LogP contribution in [0, 0.1) is 0 Å². The summed E-state index contributed by atoms with van der Waals surface area (Å²) in [7, 11) is 1.55. The Morgan fingerprint density at radius 1 is 1.13 bits per heavy atom. The molecule has 2 rings (SSSR count). The van der Waals surface area contributed by atoms with Gasteiger partial charge in [0.1, 0.15) is 5.69 Å². The Kier molecular flexibility index (Phi) is 5.16. The fraction of sp³-hybridized carbons (Fsp3) is 0.353. The van der Waals surface area contributed by atoms with Gasteiger partial charge in [-0.25, -0.2) is 0 Å². The number of nitrogens with one attached hydrogen (secondary N) is 1. The molecule has 0 aliphatic heterocycles. The van der Waals surface area contributed by atoms with Crippen molar-refractivity contribution in [1.29, 1.82) is 0 Å². The number of hydrogen-bond donors (Lipinski definition) is 1. The number of H-pyrrole nitrogens is 1. The maximum absolute atomic E-state index is 12.5. The molecule has 1 aromatic heterocycles. The van der Waals surface area contributed by atoms with Crippen molar-refractivity contribution in [2.24, 2.45) is 0 Å². The predicted octanol–water partition coefficient (Wildman–Crippen LogP) is 1.47. The molecule has 1 aromatic carbocycles. The molecule has 2 aromatic rings. The molecule has 23 heavy (non-hydrogen) atoms. The zero-order valence-corrected chi connectivity index (χ0v) is 13.6. The van der Waals surface area contributed by atoms with Crippen LogP contribution in [-0.4, -0.2) is 53.3 Å². The number of rotatable bonds is 5. The molecule has 6 nitrogen and oxygen atoms in total. The Hall–Kier alpha value is -2.63. The first kappa shape index (κ1) is 16.7. The van der Waals surface area contributed by atoms with E-state index in [0.717, 1.165) is 0 Å². The van der Waals surface area contributed by atoms with E-state index in [-0.39, 0.29) is 29.6 Å². The van der Waals surface area contributed by atoms with E-state index >= 15 is 0 Å². The smallest absolute Gasteiger partial charge is 0.270 e. The molecule has 1 N–H and O–H groups in total. The summed E-state index contributed by atoms with van der Waals surface area (Å²) in [6.07, 6.45) is 0. The molecular formula is C17H21N3O3. The largest absolute Gasteiger partial charge is 0.342 e. The van der Waals surface area contributed by atoms with Crippen LogP contribution in [0.4, 0.5) is 0 Å². The summed E-state index contributed by atoms with van der Waals surface area (Å²) in [5, 5.41) is 1.23. The zero-order chi connectivity index (χ0) is 17.0. The van der Waals surface area contributed by atoms with Gasteiger partial charge in [0.05, 0.1) is 6.54 Å². The minimum atomic E-state index is -0.381. The van der Waals surface area contributed by atoms with E-state index in [0.29, 0.717) is 23.9 Å². The average Bonchev–Trinajstić information content (AvgIpc) is 2.55. The maximum atomic E-state index is 12.5. The van der Waals surface area contributed by atoms with Crippen LogP contribution < -0.4 is 5.56 Å². The van der Waals surface area contributed by atoms with Gasteiger partial charge in [-0.2, -0.15) is 0 Å². The second-order valence-electron chi connectivity index (χ2n) is 5.33. The fourth-order valence-corrected chi connectivity index (χ4v) is 2.48. The van der Waals surface area contributed by atoms with Gasteiger partial charge in [0, 0.05) is 25.5 Å². The van der Waals surface area contributed by atoms with Gasteiger partial charge in [-0.15, -0.1) is 0 Å². The molecule has 0 saturated heterocycles. The first-order valence-electron chi connectivity index (χ1n) is 7.63. The van der Waals surface area contributed by atoms with Crippen LogP contribution in [-0.2, 0) is 4.79 Å². The van der Waals surface area contributed by atoms with Crippen molar-refractivity contribution in [3.05, 3.63) is 46.4 Å². The van der Waals surface area contributed by atoms with E-state index in [4.69, 9.17) is 0 Å². The Balaban J connectivity index is 2.23. The van der Waals surface area contributed by atoms with Gasteiger partial charge >= 0.3 is 0 Å². The van der Waals surface area contributed by atoms with Crippen LogP contribution in [0.15, 0.2) is 35.1 Å². The van der Waals surface area contributed by atoms with Crippen LogP contribution in [0.25, 0.3) is 10.8 Å². The molecule has 122 valence electrons. The van der Waals surface area contributed by atoms with Crippen LogP contribution in [0.3, 0.4) is 0 Å². The number of fused-ring (bicyclic) bond motifs is 1. The highest BCUT2D eigenvalue weighted by Crippen LogP contribution is 2.11. The summed E-state index contributed by atoms with van der Waals surface area (Å²) in [4.78, 5) is 42.2. The standard InChI is InChI=1S/C17H21N3O3/c1-4-20(5-2)15(21)11-19(3)17(23)14-10-12-8-6-7-9-13(12)16(22)18-14/h6-10H,4-5,11H2,1-3H3,(H,18,22). The lowest BCUT2D eigenvalue weighted by Crippen LogP contribution is -2.41. The van der Waals surface area contributed by atoms with Crippen molar-refractivity contribution in [2.45, 2.75) is 13.8 Å². The number of benzene rings is 1. The van der Waals surface area contributed by atoms with E-state index in [9.17, 15) is 14.4 Å². The van der Waals surface area contributed by atoms with Gasteiger partial charge in [0.25, 0.3) is 11.5 Å². The minimum Gasteiger partial charge on any atom is -0.342 e. The van der Waals surface area contributed by atoms with Crippen LogP contribution >= 0.6 is 0 Å². The van der Waals surface area contributed by atoms with Crippen molar-refractivity contribution in [3.63, 3.8) is 0 Å². The Labute approximate surface area is 134 Å². The third kappa shape index (κ3) is 3.59. The van der Waals surface area contributed by atoms with E-state index in [1.54, 1.807) is 36.2 Å². The number of hydrogen-bond acceptors (Lipinski definition) is 3. The second-order valence-corrected chi connectivity index (χ2v) is 5.33. The number of aromatic nitrogens is 1. The SMILES string of the molecule is CCN(CC)C(=O)CN(C)C(=O)c1cc2ccccc2c(=O)[nH]1. The number of nitrogens with zero attached hydrogens (tertiary/aromatic N) is 2. The topological polar surface area (TPSA) is 73.5 Å². The molecular weight excluding hydrogens is 294 g/mol. The summed E-state index contributed by atoms with van der Waals surface area (Å²) in [5.74, 6) is -0.498. The molecule has 0 fully saturated rings. The Morgan fingerprint density at radius 2 is 1.78 bits per heavy atom. The third-order valence-corrected chi connectivity index (χ3v) is 3.82. The predicted molar refractivity (Wildman–Crippen MR) is 89.5 cm³/mol. The van der Waals surface area contributed by atoms with Gasteiger partial charge in [-0.3, -0.25) is 14.4 Å². The summed E-state index contributed by atoms with van der Waals surface area (Å²) >= 11 is 0. The lowest BCUT2D eigenvalue weighted by molar-refractivity contribution is -0.131. The normalized spacial score (nSPS) is 10.6. The molecule has 0 bridgehead atoms. The zero-order valence-electron chi connectivity index (χ0n) is 13.6. The van der Waals surface area contributed by atoms with Gasteiger partial charge < -0.3 is 14.8 Å². The maximum Gasteiger partial charge on any atom is 0.270 e. The Morgan fingerprint density at radius 3 is 2.43 bits per heavy atom. The van der Waals surface area contributed by atoms with Gasteiger partial charge in [-0.05, 0) is 31.4 Å². The molecule has 0 aliphatic rings. The number of amides is 2. The number of carbonyl (C=O) groups is 2. The Bertz CT molecular complexity index is 778. The van der Waals surface area contributed by atoms with Crippen LogP contribution in [0.1, 0.15) is 24.3 Å². The quantitative estimate of drug-likeness (QED) is 0.908. The van der Waals surface area contributed by atoms with E-state index in [2.05, 4.69) is 4.98 Å². The highest BCUT2D eigenvalue weighted by Gasteiger charge is 2.19. The highest BCUT2D eigenvalue weighted by molar-refractivity contribution is 5.97. The number of carbonyl (C=O) groups excluding carboxylic acids is 2. The van der Waals surface area contributed by atoms with E-state index < -0.39 is 0 Å². The van der Waals surface area contributed by atoms with Crippen molar-refractivity contribution in [2.75, 3.05) is 26.7 Å². The van der Waals surface area contributed by atoms with Crippen molar-refractivity contribution < 1.29 is 9.59 Å². The van der Waals surface area contributed by atoms with E-state index in [1.807, 2.05) is 19.9 Å². The summed E-state index contributed by atoms with van der Waals surface area (Å²) in [6.45, 7) is 4.97. The average molecular weight is 315 g/mol. The van der Waals surface area contributed by atoms with E-state index in [1.165, 1.54) is 4.90 Å². The molecule has 0 radical (unpaired) electrons. The van der Waals surface area contributed by atoms with Gasteiger partial charge in [0.15, 0.2) is 0 Å². The molecule has 2 amide bonds. The first-order valence-corrected chi connectivity index (χ1v) is 7.63. The molecule has 0 unspecified atom stereocenters. The number of pyridine rings is 1.